The van der Waals surface area contributed by atoms with Crippen molar-refractivity contribution in [3.8, 4) is 0 Å². The molecule has 1 rings (SSSR count). The van der Waals surface area contributed by atoms with Crippen LogP contribution in [0, 0.1) is 0 Å². The van der Waals surface area contributed by atoms with Crippen LogP contribution in [0.1, 0.15) is 23.2 Å². The topological polar surface area (TPSA) is 39.2 Å². The number of carbonyl (C=O) groups excluding carboxylic acids is 1. The molecular formula is C10H9BrClF2NO2. The minimum absolute atomic E-state index is 0.0127. The number of halogens is 4. The molecule has 0 spiro atoms. The fourth-order valence-corrected chi connectivity index (χ4v) is 2.31. The molecule has 1 heterocycles. The summed E-state index contributed by atoms with van der Waals surface area (Å²) in [7, 11) is 1.19. The molecule has 0 unspecified atom stereocenters. The van der Waals surface area contributed by atoms with E-state index in [9.17, 15) is 13.6 Å². The normalized spacial score (nSPS) is 10.7. The summed E-state index contributed by atoms with van der Waals surface area (Å²) >= 11 is 8.59. The zero-order chi connectivity index (χ0) is 13.0. The van der Waals surface area contributed by atoms with E-state index in [4.69, 9.17) is 11.6 Å². The van der Waals surface area contributed by atoms with E-state index in [-0.39, 0.29) is 27.9 Å². The van der Waals surface area contributed by atoms with Gasteiger partial charge in [-0.15, -0.1) is 11.6 Å². The van der Waals surface area contributed by atoms with Gasteiger partial charge in [0, 0.05) is 16.2 Å². The van der Waals surface area contributed by atoms with Gasteiger partial charge in [-0.25, -0.2) is 8.78 Å². The molecule has 0 saturated heterocycles. The summed E-state index contributed by atoms with van der Waals surface area (Å²) in [5, 5.41) is 0. The lowest BCUT2D eigenvalue weighted by Gasteiger charge is -2.12. The molecule has 0 fully saturated rings. The molecule has 0 aromatic carbocycles. The van der Waals surface area contributed by atoms with Crippen LogP contribution in [0.3, 0.4) is 0 Å². The van der Waals surface area contributed by atoms with Gasteiger partial charge in [0.05, 0.1) is 25.1 Å². The predicted octanol–water partition coefficient (Wildman–Crippen LogP) is 3.24. The quantitative estimate of drug-likeness (QED) is 0.629. The van der Waals surface area contributed by atoms with E-state index >= 15 is 0 Å². The Morgan fingerprint density at radius 2 is 2.29 bits per heavy atom. The van der Waals surface area contributed by atoms with Gasteiger partial charge in [-0.1, -0.05) is 0 Å². The third kappa shape index (κ3) is 3.35. The minimum atomic E-state index is -2.71. The Bertz CT molecular complexity index is 429. The van der Waals surface area contributed by atoms with Gasteiger partial charge in [0.25, 0.3) is 6.43 Å². The summed E-state index contributed by atoms with van der Waals surface area (Å²) in [5.41, 5.74) is 0.184. The largest absolute Gasteiger partial charge is 0.469 e. The molecule has 0 bridgehead atoms. The second kappa shape index (κ2) is 6.26. The maximum Gasteiger partial charge on any atom is 0.310 e. The molecule has 0 saturated carbocycles. The van der Waals surface area contributed by atoms with Gasteiger partial charge in [-0.05, 0) is 21.5 Å². The van der Waals surface area contributed by atoms with E-state index in [1.165, 1.54) is 13.3 Å². The number of pyridine rings is 1. The molecule has 3 nitrogen and oxygen atoms in total. The Balaban J connectivity index is 3.21. The molecule has 0 aliphatic carbocycles. The van der Waals surface area contributed by atoms with Crippen molar-refractivity contribution < 1.29 is 18.3 Å². The summed E-state index contributed by atoms with van der Waals surface area (Å²) in [6.07, 6.45) is -1.74. The molecule has 94 valence electrons. The lowest BCUT2D eigenvalue weighted by atomic mass is 10.1. The van der Waals surface area contributed by atoms with Crippen molar-refractivity contribution in [2.45, 2.75) is 18.7 Å². The number of ether oxygens (including phenoxy) is 1. The van der Waals surface area contributed by atoms with Crippen molar-refractivity contribution in [2.24, 2.45) is 0 Å². The van der Waals surface area contributed by atoms with Gasteiger partial charge in [-0.2, -0.15) is 0 Å². The van der Waals surface area contributed by atoms with Crippen molar-refractivity contribution in [2.75, 3.05) is 7.11 Å². The van der Waals surface area contributed by atoms with Crippen LogP contribution < -0.4 is 0 Å². The molecule has 0 aliphatic rings. The Kier molecular flexibility index (Phi) is 5.27. The van der Waals surface area contributed by atoms with Crippen molar-refractivity contribution >= 4 is 33.5 Å². The molecule has 0 atom stereocenters. The third-order valence-corrected chi connectivity index (χ3v) is 3.26. The molecule has 0 radical (unpaired) electrons. The molecule has 0 N–H and O–H groups in total. The van der Waals surface area contributed by atoms with Crippen LogP contribution in [0.5, 0.6) is 0 Å². The summed E-state index contributed by atoms with van der Waals surface area (Å²) in [6.45, 7) is 0. The van der Waals surface area contributed by atoms with Crippen LogP contribution in [0.25, 0.3) is 0 Å². The highest BCUT2D eigenvalue weighted by molar-refractivity contribution is 9.10. The van der Waals surface area contributed by atoms with E-state index in [2.05, 4.69) is 25.7 Å². The SMILES string of the molecule is COC(=O)Cc1cnc(CCl)c(Br)c1C(F)F. The fourth-order valence-electron chi connectivity index (χ4n) is 1.28. The number of rotatable bonds is 4. The van der Waals surface area contributed by atoms with Crippen LogP contribution >= 0.6 is 27.5 Å². The van der Waals surface area contributed by atoms with Crippen LogP contribution in [0.15, 0.2) is 10.7 Å². The zero-order valence-electron chi connectivity index (χ0n) is 8.84. The first-order chi connectivity index (χ1) is 8.01. The summed E-state index contributed by atoms with van der Waals surface area (Å²) in [6, 6.07) is 0. The van der Waals surface area contributed by atoms with Gasteiger partial charge < -0.3 is 4.74 Å². The monoisotopic (exact) mass is 327 g/mol. The lowest BCUT2D eigenvalue weighted by Crippen LogP contribution is -2.09. The third-order valence-electron chi connectivity index (χ3n) is 2.12. The Labute approximate surface area is 110 Å². The van der Waals surface area contributed by atoms with Gasteiger partial charge in [0.15, 0.2) is 0 Å². The highest BCUT2D eigenvalue weighted by atomic mass is 79.9. The number of methoxy groups -OCH3 is 1. The zero-order valence-corrected chi connectivity index (χ0v) is 11.2. The average molecular weight is 329 g/mol. The van der Waals surface area contributed by atoms with Crippen molar-refractivity contribution in [3.05, 3.63) is 27.5 Å². The number of hydrogen-bond acceptors (Lipinski definition) is 3. The fraction of sp³-hybridized carbons (Fsp3) is 0.400. The van der Waals surface area contributed by atoms with Gasteiger partial charge in [0.2, 0.25) is 0 Å². The van der Waals surface area contributed by atoms with E-state index in [1.54, 1.807) is 0 Å². The summed E-state index contributed by atoms with van der Waals surface area (Å²) in [4.78, 5) is 15.0. The molecule has 1 aromatic rings. The molecule has 0 aliphatic heterocycles. The maximum atomic E-state index is 12.9. The van der Waals surface area contributed by atoms with E-state index in [0.29, 0.717) is 5.69 Å². The Morgan fingerprint density at radius 3 is 2.76 bits per heavy atom. The van der Waals surface area contributed by atoms with Crippen LogP contribution in [-0.2, 0) is 21.8 Å². The molecule has 17 heavy (non-hydrogen) atoms. The summed E-state index contributed by atoms with van der Waals surface area (Å²) < 4.78 is 30.4. The van der Waals surface area contributed by atoms with Crippen LogP contribution in [-0.4, -0.2) is 18.1 Å². The van der Waals surface area contributed by atoms with Crippen molar-refractivity contribution in [3.63, 3.8) is 0 Å². The van der Waals surface area contributed by atoms with E-state index < -0.39 is 12.4 Å². The molecule has 1 aromatic heterocycles. The first-order valence-corrected chi connectivity index (χ1v) is 5.91. The van der Waals surface area contributed by atoms with Gasteiger partial charge in [-0.3, -0.25) is 9.78 Å². The maximum absolute atomic E-state index is 12.9. The van der Waals surface area contributed by atoms with Crippen molar-refractivity contribution in [1.29, 1.82) is 0 Å². The number of nitrogens with zero attached hydrogens (tertiary/aromatic N) is 1. The van der Waals surface area contributed by atoms with Gasteiger partial charge >= 0.3 is 5.97 Å². The number of aromatic nitrogens is 1. The van der Waals surface area contributed by atoms with Crippen molar-refractivity contribution in [1.82, 2.24) is 4.98 Å². The van der Waals surface area contributed by atoms with E-state index in [0.717, 1.165) is 0 Å². The highest BCUT2D eigenvalue weighted by Crippen LogP contribution is 2.33. The molecule has 7 heteroatoms. The average Bonchev–Trinajstić information content (AvgIpc) is 2.28. The first-order valence-electron chi connectivity index (χ1n) is 4.58. The smallest absolute Gasteiger partial charge is 0.310 e. The second-order valence-electron chi connectivity index (χ2n) is 3.15. The minimum Gasteiger partial charge on any atom is -0.469 e. The molecular weight excluding hydrogens is 319 g/mol. The standard InChI is InChI=1S/C10H9BrClF2NO2/c1-17-7(16)2-5-4-15-6(3-12)9(11)8(5)10(13)14/h4,10H,2-3H2,1H3. The van der Waals surface area contributed by atoms with Gasteiger partial charge in [0.1, 0.15) is 0 Å². The second-order valence-corrected chi connectivity index (χ2v) is 4.21. The number of carbonyl (C=O) groups is 1. The number of esters is 1. The van der Waals surface area contributed by atoms with Crippen LogP contribution in [0.4, 0.5) is 8.78 Å². The number of alkyl halides is 3. The summed E-state index contributed by atoms with van der Waals surface area (Å²) in [5.74, 6) is -0.585. The Morgan fingerprint density at radius 1 is 1.65 bits per heavy atom. The predicted molar refractivity (Wildman–Crippen MR) is 62.2 cm³/mol. The van der Waals surface area contributed by atoms with E-state index in [1.807, 2.05) is 0 Å². The Hall–Kier alpha value is -0.750. The molecule has 0 amide bonds. The lowest BCUT2D eigenvalue weighted by molar-refractivity contribution is -0.139. The highest BCUT2D eigenvalue weighted by Gasteiger charge is 2.21. The number of hydrogen-bond donors (Lipinski definition) is 0. The van der Waals surface area contributed by atoms with Crippen LogP contribution in [0.2, 0.25) is 0 Å². The first kappa shape index (κ1) is 14.3.